The summed E-state index contributed by atoms with van der Waals surface area (Å²) in [5.41, 5.74) is 3.82. The van der Waals surface area contributed by atoms with Crippen LogP contribution < -0.4 is 4.90 Å². The first-order valence-electron chi connectivity index (χ1n) is 9.54. The van der Waals surface area contributed by atoms with Gasteiger partial charge in [0.25, 0.3) is 5.91 Å². The molecule has 2 aromatic heterocycles. The molecule has 0 aliphatic carbocycles. The average Bonchev–Trinajstić information content (AvgIpc) is 3.06. The van der Waals surface area contributed by atoms with E-state index in [0.29, 0.717) is 24.4 Å². The second kappa shape index (κ2) is 7.46. The highest BCUT2D eigenvalue weighted by Gasteiger charge is 2.25. The smallest absolute Gasteiger partial charge is 0.257 e. The van der Waals surface area contributed by atoms with Gasteiger partial charge in [-0.2, -0.15) is 0 Å². The minimum atomic E-state index is 0.0370. The zero-order chi connectivity index (χ0) is 19.7. The second-order valence-corrected chi connectivity index (χ2v) is 7.20. The van der Waals surface area contributed by atoms with Crippen molar-refractivity contribution in [3.05, 3.63) is 65.1 Å². The number of aromatic nitrogens is 2. The Bertz CT molecular complexity index is 986. The normalized spacial score (nSPS) is 14.4. The quantitative estimate of drug-likeness (QED) is 0.699. The van der Waals surface area contributed by atoms with Gasteiger partial charge in [-0.15, -0.1) is 10.2 Å². The van der Waals surface area contributed by atoms with Crippen LogP contribution in [0.4, 0.5) is 5.82 Å². The van der Waals surface area contributed by atoms with Crippen molar-refractivity contribution in [1.29, 1.82) is 0 Å². The fourth-order valence-electron chi connectivity index (χ4n) is 3.65. The number of furan rings is 1. The Morgan fingerprint density at radius 1 is 0.964 bits per heavy atom. The Kier molecular flexibility index (Phi) is 4.86. The van der Waals surface area contributed by atoms with Crippen molar-refractivity contribution in [1.82, 2.24) is 15.1 Å². The zero-order valence-electron chi connectivity index (χ0n) is 16.5. The van der Waals surface area contributed by atoms with Crippen molar-refractivity contribution >= 4 is 11.7 Å². The molecular weight excluding hydrogens is 352 g/mol. The van der Waals surface area contributed by atoms with E-state index in [2.05, 4.69) is 34.2 Å². The van der Waals surface area contributed by atoms with Crippen molar-refractivity contribution < 1.29 is 9.21 Å². The number of carbonyl (C=O) groups excluding carboxylic acids is 1. The van der Waals surface area contributed by atoms with Gasteiger partial charge >= 0.3 is 0 Å². The van der Waals surface area contributed by atoms with E-state index in [4.69, 9.17) is 4.42 Å². The van der Waals surface area contributed by atoms with Crippen molar-refractivity contribution in [2.45, 2.75) is 20.8 Å². The van der Waals surface area contributed by atoms with Gasteiger partial charge in [0.2, 0.25) is 0 Å². The van der Waals surface area contributed by atoms with Gasteiger partial charge in [0.05, 0.1) is 11.3 Å². The molecule has 1 aliphatic rings. The van der Waals surface area contributed by atoms with Crippen LogP contribution in [0, 0.1) is 20.8 Å². The molecule has 1 amide bonds. The number of carbonyl (C=O) groups is 1. The van der Waals surface area contributed by atoms with Crippen LogP contribution in [0.15, 0.2) is 46.9 Å². The molecule has 28 heavy (non-hydrogen) atoms. The summed E-state index contributed by atoms with van der Waals surface area (Å²) in [6, 6.07) is 14.0. The summed E-state index contributed by atoms with van der Waals surface area (Å²) in [6.07, 6.45) is 0. The molecule has 1 aliphatic heterocycles. The maximum atomic E-state index is 12.7. The Morgan fingerprint density at radius 2 is 1.71 bits per heavy atom. The minimum absolute atomic E-state index is 0.0370. The lowest BCUT2D eigenvalue weighted by Crippen LogP contribution is -2.49. The van der Waals surface area contributed by atoms with Crippen LogP contribution in [0.25, 0.3) is 11.3 Å². The number of benzene rings is 1. The van der Waals surface area contributed by atoms with E-state index < -0.39 is 0 Å². The maximum Gasteiger partial charge on any atom is 0.257 e. The molecule has 3 aromatic rings. The maximum absolute atomic E-state index is 12.7. The summed E-state index contributed by atoms with van der Waals surface area (Å²) in [4.78, 5) is 16.8. The highest BCUT2D eigenvalue weighted by Crippen LogP contribution is 2.23. The number of hydrogen-bond acceptors (Lipinski definition) is 5. The third-order valence-corrected chi connectivity index (χ3v) is 5.23. The van der Waals surface area contributed by atoms with E-state index in [9.17, 15) is 4.79 Å². The summed E-state index contributed by atoms with van der Waals surface area (Å²) in [6.45, 7) is 8.56. The molecule has 0 N–H and O–H groups in total. The Hall–Kier alpha value is -3.15. The predicted molar refractivity (Wildman–Crippen MR) is 109 cm³/mol. The summed E-state index contributed by atoms with van der Waals surface area (Å²) in [5, 5.41) is 8.84. The van der Waals surface area contributed by atoms with Gasteiger partial charge in [-0.3, -0.25) is 4.79 Å². The molecule has 4 rings (SSSR count). The van der Waals surface area contributed by atoms with Crippen molar-refractivity contribution in [3.8, 4) is 11.3 Å². The number of anilines is 1. The molecule has 6 heteroatoms. The molecule has 0 radical (unpaired) electrons. The van der Waals surface area contributed by atoms with Gasteiger partial charge in [0, 0.05) is 31.7 Å². The van der Waals surface area contributed by atoms with E-state index in [-0.39, 0.29) is 5.91 Å². The number of hydrogen-bond donors (Lipinski definition) is 0. The van der Waals surface area contributed by atoms with E-state index in [1.165, 1.54) is 5.56 Å². The first kappa shape index (κ1) is 18.2. The summed E-state index contributed by atoms with van der Waals surface area (Å²) in [7, 11) is 0. The lowest BCUT2D eigenvalue weighted by atomic mass is 10.1. The van der Waals surface area contributed by atoms with Crippen LogP contribution in [-0.4, -0.2) is 47.2 Å². The fourth-order valence-corrected chi connectivity index (χ4v) is 3.65. The lowest BCUT2D eigenvalue weighted by molar-refractivity contribution is 0.0744. The summed E-state index contributed by atoms with van der Waals surface area (Å²) in [5.74, 6) is 2.33. The molecular formula is C22H24N4O2. The zero-order valence-corrected chi connectivity index (χ0v) is 16.5. The molecule has 0 atom stereocenters. The van der Waals surface area contributed by atoms with E-state index in [1.807, 2.05) is 49.1 Å². The van der Waals surface area contributed by atoms with Gasteiger partial charge in [-0.05, 0) is 44.5 Å². The molecule has 0 saturated carbocycles. The first-order chi connectivity index (χ1) is 13.5. The second-order valence-electron chi connectivity index (χ2n) is 7.20. The largest absolute Gasteiger partial charge is 0.466 e. The molecule has 1 fully saturated rings. The van der Waals surface area contributed by atoms with Crippen LogP contribution in [0.3, 0.4) is 0 Å². The van der Waals surface area contributed by atoms with Gasteiger partial charge in [-0.1, -0.05) is 24.3 Å². The summed E-state index contributed by atoms with van der Waals surface area (Å²) >= 11 is 0. The Labute approximate surface area is 164 Å². The van der Waals surface area contributed by atoms with Crippen LogP contribution in [0.2, 0.25) is 0 Å². The number of aryl methyl sites for hydroxylation is 3. The van der Waals surface area contributed by atoms with Crippen LogP contribution in [-0.2, 0) is 0 Å². The third-order valence-electron chi connectivity index (χ3n) is 5.23. The third kappa shape index (κ3) is 3.50. The highest BCUT2D eigenvalue weighted by molar-refractivity contribution is 5.95. The molecule has 1 aromatic carbocycles. The number of rotatable bonds is 3. The van der Waals surface area contributed by atoms with E-state index >= 15 is 0 Å². The van der Waals surface area contributed by atoms with Gasteiger partial charge in [-0.25, -0.2) is 0 Å². The molecule has 6 nitrogen and oxygen atoms in total. The number of nitrogens with zero attached hydrogens (tertiary/aromatic N) is 4. The molecule has 0 unspecified atom stereocenters. The minimum Gasteiger partial charge on any atom is -0.466 e. The molecule has 0 spiro atoms. The SMILES string of the molecule is Cc1cc(C(=O)N2CCN(c3ccc(-c4ccccc4C)nn3)CC2)c(C)o1. The van der Waals surface area contributed by atoms with Gasteiger partial charge < -0.3 is 14.2 Å². The molecule has 3 heterocycles. The lowest BCUT2D eigenvalue weighted by Gasteiger charge is -2.35. The molecule has 0 bridgehead atoms. The van der Waals surface area contributed by atoms with Crippen LogP contribution in [0.1, 0.15) is 27.4 Å². The first-order valence-corrected chi connectivity index (χ1v) is 9.54. The monoisotopic (exact) mass is 376 g/mol. The predicted octanol–water partition coefficient (Wildman–Crippen LogP) is 3.62. The van der Waals surface area contributed by atoms with Gasteiger partial charge in [0.1, 0.15) is 11.5 Å². The van der Waals surface area contributed by atoms with Crippen LogP contribution >= 0.6 is 0 Å². The van der Waals surface area contributed by atoms with E-state index in [0.717, 1.165) is 35.9 Å². The number of piperazine rings is 1. The Balaban J connectivity index is 1.42. The highest BCUT2D eigenvalue weighted by atomic mass is 16.3. The summed E-state index contributed by atoms with van der Waals surface area (Å²) < 4.78 is 5.50. The van der Waals surface area contributed by atoms with Crippen LogP contribution in [0.5, 0.6) is 0 Å². The van der Waals surface area contributed by atoms with Crippen molar-refractivity contribution in [2.75, 3.05) is 31.1 Å². The fraction of sp³-hybridized carbons (Fsp3) is 0.318. The van der Waals surface area contributed by atoms with Crippen molar-refractivity contribution in [3.63, 3.8) is 0 Å². The van der Waals surface area contributed by atoms with E-state index in [1.54, 1.807) is 0 Å². The Morgan fingerprint density at radius 3 is 2.32 bits per heavy atom. The average molecular weight is 376 g/mol. The van der Waals surface area contributed by atoms with Gasteiger partial charge in [0.15, 0.2) is 5.82 Å². The standard InChI is InChI=1S/C22H24N4O2/c1-15-6-4-5-7-18(15)20-8-9-21(24-23-20)25-10-12-26(13-11-25)22(27)19-14-16(2)28-17(19)3/h4-9,14H,10-13H2,1-3H3. The molecule has 1 saturated heterocycles. The number of amides is 1. The topological polar surface area (TPSA) is 62.5 Å². The van der Waals surface area contributed by atoms with Crippen molar-refractivity contribution in [2.24, 2.45) is 0 Å². The molecule has 144 valence electrons.